The van der Waals surface area contributed by atoms with Gasteiger partial charge in [0.2, 0.25) is 5.91 Å². The molecule has 1 aliphatic heterocycles. The molecule has 4 rings (SSSR count). The van der Waals surface area contributed by atoms with Crippen molar-refractivity contribution in [1.29, 1.82) is 0 Å². The summed E-state index contributed by atoms with van der Waals surface area (Å²) in [6, 6.07) is 3.86. The van der Waals surface area contributed by atoms with Crippen LogP contribution in [0, 0.1) is 17.8 Å². The molecule has 2 bridgehead atoms. The molecule has 23 heavy (non-hydrogen) atoms. The second-order valence-electron chi connectivity index (χ2n) is 6.92. The van der Waals surface area contributed by atoms with Crippen LogP contribution in [-0.4, -0.2) is 25.7 Å². The third-order valence-electron chi connectivity index (χ3n) is 5.44. The molecule has 2 fully saturated rings. The summed E-state index contributed by atoms with van der Waals surface area (Å²) in [4.78, 5) is 12.3. The van der Waals surface area contributed by atoms with Gasteiger partial charge in [0.25, 0.3) is 0 Å². The topological polar surface area (TPSA) is 47.6 Å². The Kier molecular flexibility index (Phi) is 4.10. The van der Waals surface area contributed by atoms with Gasteiger partial charge in [-0.05, 0) is 55.2 Å². The molecule has 1 N–H and O–H groups in total. The molecule has 3 atom stereocenters. The highest BCUT2D eigenvalue weighted by atomic mass is 35.5. The first kappa shape index (κ1) is 15.1. The largest absolute Gasteiger partial charge is 0.486 e. The number of hydrogen-bond donors (Lipinski definition) is 1. The Bertz CT molecular complexity index is 619. The molecule has 1 heterocycles. The minimum absolute atomic E-state index is 0.237. The van der Waals surface area contributed by atoms with Crippen molar-refractivity contribution in [3.05, 3.63) is 22.7 Å². The summed E-state index contributed by atoms with van der Waals surface area (Å²) < 4.78 is 11.1. The molecule has 0 aromatic heterocycles. The van der Waals surface area contributed by atoms with Gasteiger partial charge in [0, 0.05) is 12.5 Å². The summed E-state index contributed by atoms with van der Waals surface area (Å²) >= 11 is 6.24. The van der Waals surface area contributed by atoms with Crippen molar-refractivity contribution in [3.8, 4) is 11.5 Å². The van der Waals surface area contributed by atoms with Crippen LogP contribution in [0.3, 0.4) is 0 Å². The van der Waals surface area contributed by atoms with Crippen molar-refractivity contribution in [1.82, 2.24) is 5.32 Å². The van der Waals surface area contributed by atoms with Gasteiger partial charge in [-0.2, -0.15) is 0 Å². The van der Waals surface area contributed by atoms with E-state index in [9.17, 15) is 4.79 Å². The van der Waals surface area contributed by atoms with Gasteiger partial charge in [-0.3, -0.25) is 4.79 Å². The lowest BCUT2D eigenvalue weighted by atomic mass is 9.88. The molecule has 3 unspecified atom stereocenters. The van der Waals surface area contributed by atoms with Crippen LogP contribution < -0.4 is 14.8 Å². The van der Waals surface area contributed by atoms with E-state index in [1.54, 1.807) is 0 Å². The SMILES string of the molecule is O=C(NCCc1cc(Cl)c2c(c1)OCCO2)C1CC2CCC1C2. The molecule has 0 saturated heterocycles. The zero-order chi connectivity index (χ0) is 15.8. The maximum Gasteiger partial charge on any atom is 0.223 e. The van der Waals surface area contributed by atoms with Crippen LogP contribution in [0.4, 0.5) is 0 Å². The van der Waals surface area contributed by atoms with Crippen LogP contribution in [0.25, 0.3) is 0 Å². The molecule has 0 spiro atoms. The standard InChI is InChI=1S/C18H22ClNO3/c19-15-9-12(10-16-17(15)23-6-5-22-16)3-4-20-18(21)14-8-11-1-2-13(14)7-11/h9-11,13-14H,1-8H2,(H,20,21). The number of halogens is 1. The fourth-order valence-electron chi connectivity index (χ4n) is 4.34. The Morgan fingerprint density at radius 1 is 1.22 bits per heavy atom. The van der Waals surface area contributed by atoms with E-state index in [0.717, 1.165) is 24.3 Å². The number of rotatable bonds is 4. The third kappa shape index (κ3) is 3.01. The fraction of sp³-hybridized carbons (Fsp3) is 0.611. The Hall–Kier alpha value is -1.42. The van der Waals surface area contributed by atoms with E-state index in [0.29, 0.717) is 42.2 Å². The predicted molar refractivity (Wildman–Crippen MR) is 88.1 cm³/mol. The highest BCUT2D eigenvalue weighted by Gasteiger charge is 2.42. The molecule has 2 aliphatic carbocycles. The van der Waals surface area contributed by atoms with Gasteiger partial charge < -0.3 is 14.8 Å². The highest BCUT2D eigenvalue weighted by molar-refractivity contribution is 6.32. The predicted octanol–water partition coefficient (Wildman–Crippen LogP) is 3.21. The van der Waals surface area contributed by atoms with E-state index in [2.05, 4.69) is 5.32 Å². The summed E-state index contributed by atoms with van der Waals surface area (Å²) in [6.45, 7) is 1.72. The van der Waals surface area contributed by atoms with Crippen molar-refractivity contribution >= 4 is 17.5 Å². The van der Waals surface area contributed by atoms with E-state index < -0.39 is 0 Å². The van der Waals surface area contributed by atoms with E-state index in [4.69, 9.17) is 21.1 Å². The van der Waals surface area contributed by atoms with E-state index in [1.165, 1.54) is 19.3 Å². The molecule has 124 valence electrons. The lowest BCUT2D eigenvalue weighted by Crippen LogP contribution is -2.34. The van der Waals surface area contributed by atoms with Gasteiger partial charge >= 0.3 is 0 Å². The average Bonchev–Trinajstić information content (AvgIpc) is 3.18. The molecular formula is C18H22ClNO3. The summed E-state index contributed by atoms with van der Waals surface area (Å²) in [5.74, 6) is 3.25. The van der Waals surface area contributed by atoms with Crippen molar-refractivity contribution in [2.75, 3.05) is 19.8 Å². The molecular weight excluding hydrogens is 314 g/mol. The van der Waals surface area contributed by atoms with Gasteiger partial charge in [0.05, 0.1) is 5.02 Å². The number of amides is 1. The van der Waals surface area contributed by atoms with Crippen LogP contribution in [-0.2, 0) is 11.2 Å². The lowest BCUT2D eigenvalue weighted by Gasteiger charge is -2.21. The molecule has 2 saturated carbocycles. The van der Waals surface area contributed by atoms with Gasteiger partial charge in [0.15, 0.2) is 11.5 Å². The van der Waals surface area contributed by atoms with Gasteiger partial charge in [-0.15, -0.1) is 0 Å². The molecule has 1 aromatic carbocycles. The Labute approximate surface area is 141 Å². The van der Waals surface area contributed by atoms with Crippen molar-refractivity contribution in [2.45, 2.75) is 32.1 Å². The minimum atomic E-state index is 0.237. The summed E-state index contributed by atoms with van der Waals surface area (Å²) in [6.07, 6.45) is 5.66. The maximum absolute atomic E-state index is 12.3. The number of nitrogens with one attached hydrogen (secondary N) is 1. The van der Waals surface area contributed by atoms with E-state index in [-0.39, 0.29) is 11.8 Å². The fourth-order valence-corrected chi connectivity index (χ4v) is 4.62. The number of carbonyl (C=O) groups is 1. The molecule has 5 heteroatoms. The highest BCUT2D eigenvalue weighted by Crippen LogP contribution is 2.48. The third-order valence-corrected chi connectivity index (χ3v) is 5.73. The number of benzene rings is 1. The number of fused-ring (bicyclic) bond motifs is 3. The van der Waals surface area contributed by atoms with E-state index >= 15 is 0 Å². The smallest absolute Gasteiger partial charge is 0.223 e. The first-order valence-corrected chi connectivity index (χ1v) is 8.94. The Morgan fingerprint density at radius 2 is 2.09 bits per heavy atom. The van der Waals surface area contributed by atoms with Crippen LogP contribution >= 0.6 is 11.6 Å². The molecule has 1 amide bonds. The normalized spacial score (nSPS) is 28.0. The van der Waals surface area contributed by atoms with E-state index in [1.807, 2.05) is 12.1 Å². The average molecular weight is 336 g/mol. The van der Waals surface area contributed by atoms with Gasteiger partial charge in [-0.1, -0.05) is 18.0 Å². The van der Waals surface area contributed by atoms with Crippen molar-refractivity contribution < 1.29 is 14.3 Å². The zero-order valence-corrected chi connectivity index (χ0v) is 13.9. The number of hydrogen-bond acceptors (Lipinski definition) is 3. The second kappa shape index (κ2) is 6.23. The summed E-state index contributed by atoms with van der Waals surface area (Å²) in [5.41, 5.74) is 1.06. The number of ether oxygens (including phenoxy) is 2. The molecule has 3 aliphatic rings. The molecule has 4 nitrogen and oxygen atoms in total. The van der Waals surface area contributed by atoms with Crippen LogP contribution in [0.5, 0.6) is 11.5 Å². The summed E-state index contributed by atoms with van der Waals surface area (Å²) in [5, 5.41) is 3.68. The van der Waals surface area contributed by atoms with Crippen LogP contribution in [0.2, 0.25) is 5.02 Å². The number of carbonyl (C=O) groups excluding carboxylic acids is 1. The van der Waals surface area contributed by atoms with Gasteiger partial charge in [-0.25, -0.2) is 0 Å². The van der Waals surface area contributed by atoms with Crippen LogP contribution in [0.1, 0.15) is 31.2 Å². The van der Waals surface area contributed by atoms with Crippen molar-refractivity contribution in [3.63, 3.8) is 0 Å². The zero-order valence-electron chi connectivity index (χ0n) is 13.1. The Morgan fingerprint density at radius 3 is 2.87 bits per heavy atom. The monoisotopic (exact) mass is 335 g/mol. The first-order chi connectivity index (χ1) is 11.2. The quantitative estimate of drug-likeness (QED) is 0.919. The van der Waals surface area contributed by atoms with Gasteiger partial charge in [0.1, 0.15) is 13.2 Å². The first-order valence-electron chi connectivity index (χ1n) is 8.56. The maximum atomic E-state index is 12.3. The minimum Gasteiger partial charge on any atom is -0.486 e. The molecule has 0 radical (unpaired) electrons. The molecule has 1 aromatic rings. The van der Waals surface area contributed by atoms with Crippen LogP contribution in [0.15, 0.2) is 12.1 Å². The second-order valence-corrected chi connectivity index (χ2v) is 7.33. The van der Waals surface area contributed by atoms with Crippen molar-refractivity contribution in [2.24, 2.45) is 17.8 Å². The lowest BCUT2D eigenvalue weighted by molar-refractivity contribution is -0.126. The Balaban J connectivity index is 1.33. The summed E-state index contributed by atoms with van der Waals surface area (Å²) in [7, 11) is 0.